The van der Waals surface area contributed by atoms with Crippen molar-refractivity contribution in [3.8, 4) is 11.5 Å². The molecule has 2 N–H and O–H groups in total. The van der Waals surface area contributed by atoms with Crippen LogP contribution < -0.4 is 20.1 Å². The first kappa shape index (κ1) is 20.4. The first-order chi connectivity index (χ1) is 12.3. The van der Waals surface area contributed by atoms with Gasteiger partial charge in [-0.2, -0.15) is 13.2 Å². The van der Waals surface area contributed by atoms with Gasteiger partial charge in [0, 0.05) is 18.5 Å². The molecule has 1 fully saturated rings. The Hall–Kier alpha value is -1.96. The number of aryl methyl sites for hydroxylation is 1. The van der Waals surface area contributed by atoms with Gasteiger partial charge in [-0.15, -0.1) is 0 Å². The number of amides is 1. The number of halogens is 3. The standard InChI is InChI=1S/C18H25F3N2O3/c1-12-14(4-3-9-22-12)23-17(24)8-6-13-5-7-15(16(10-13)25-2)26-11-18(19,20)21/h5,7,10,12,14,22H,3-4,6,8-9,11H2,1-2H3,(H,23,24)/t12-,14-/m1/s1. The fraction of sp³-hybridized carbons (Fsp3) is 0.611. The van der Waals surface area contributed by atoms with Crippen LogP contribution in [-0.2, 0) is 11.2 Å². The first-order valence-corrected chi connectivity index (χ1v) is 8.67. The SMILES string of the molecule is COc1cc(CCC(=O)N[C@@H]2CCCN[C@@H]2C)ccc1OCC(F)(F)F. The highest BCUT2D eigenvalue weighted by Crippen LogP contribution is 2.30. The molecule has 1 amide bonds. The Bertz CT molecular complexity index is 608. The summed E-state index contributed by atoms with van der Waals surface area (Å²) in [5.41, 5.74) is 0.797. The summed E-state index contributed by atoms with van der Waals surface area (Å²) < 4.78 is 46.7. The van der Waals surface area contributed by atoms with Crippen molar-refractivity contribution in [2.24, 2.45) is 0 Å². The lowest BCUT2D eigenvalue weighted by atomic mass is 9.99. The van der Waals surface area contributed by atoms with Gasteiger partial charge in [-0.3, -0.25) is 4.79 Å². The molecule has 2 atom stereocenters. The van der Waals surface area contributed by atoms with Crippen molar-refractivity contribution < 1.29 is 27.4 Å². The molecule has 1 saturated heterocycles. The molecule has 2 rings (SSSR count). The molecule has 8 heteroatoms. The first-order valence-electron chi connectivity index (χ1n) is 8.67. The van der Waals surface area contributed by atoms with Crippen molar-refractivity contribution in [3.63, 3.8) is 0 Å². The van der Waals surface area contributed by atoms with Crippen LogP contribution in [0.2, 0.25) is 0 Å². The van der Waals surface area contributed by atoms with E-state index in [2.05, 4.69) is 17.6 Å². The molecule has 0 saturated carbocycles. The Morgan fingerprint density at radius 3 is 2.77 bits per heavy atom. The number of piperidine rings is 1. The summed E-state index contributed by atoms with van der Waals surface area (Å²) >= 11 is 0. The van der Waals surface area contributed by atoms with Crippen molar-refractivity contribution in [2.45, 2.75) is 50.9 Å². The van der Waals surface area contributed by atoms with Crippen LogP contribution >= 0.6 is 0 Å². The van der Waals surface area contributed by atoms with Gasteiger partial charge in [0.1, 0.15) is 0 Å². The molecule has 0 aromatic heterocycles. The van der Waals surface area contributed by atoms with Crippen LogP contribution in [0.4, 0.5) is 13.2 Å². The van der Waals surface area contributed by atoms with Gasteiger partial charge in [0.25, 0.3) is 0 Å². The summed E-state index contributed by atoms with van der Waals surface area (Å²) in [4.78, 5) is 12.1. The minimum Gasteiger partial charge on any atom is -0.493 e. The highest BCUT2D eigenvalue weighted by molar-refractivity contribution is 5.76. The van der Waals surface area contributed by atoms with Gasteiger partial charge in [-0.05, 0) is 50.4 Å². The predicted octanol–water partition coefficient (Wildman–Crippen LogP) is 2.83. The zero-order valence-electron chi connectivity index (χ0n) is 15.0. The Morgan fingerprint density at radius 1 is 1.35 bits per heavy atom. The topological polar surface area (TPSA) is 59.6 Å². The Balaban J connectivity index is 1.87. The summed E-state index contributed by atoms with van der Waals surface area (Å²) in [7, 11) is 1.36. The molecule has 0 radical (unpaired) electrons. The number of carbonyl (C=O) groups excluding carboxylic acids is 1. The number of nitrogens with one attached hydrogen (secondary N) is 2. The summed E-state index contributed by atoms with van der Waals surface area (Å²) in [5, 5.41) is 6.36. The van der Waals surface area contributed by atoms with Crippen LogP contribution in [0.3, 0.4) is 0 Å². The summed E-state index contributed by atoms with van der Waals surface area (Å²) in [6, 6.07) is 5.06. The lowest BCUT2D eigenvalue weighted by Crippen LogP contribution is -2.51. The van der Waals surface area contributed by atoms with Gasteiger partial charge >= 0.3 is 6.18 Å². The van der Waals surface area contributed by atoms with Crippen molar-refractivity contribution in [1.29, 1.82) is 0 Å². The van der Waals surface area contributed by atoms with Crippen LogP contribution in [-0.4, -0.2) is 44.4 Å². The summed E-state index contributed by atoms with van der Waals surface area (Å²) in [6.45, 7) is 1.64. The lowest BCUT2D eigenvalue weighted by Gasteiger charge is -2.30. The number of rotatable bonds is 7. The molecule has 1 aromatic rings. The average molecular weight is 374 g/mol. The number of hydrogen-bond acceptors (Lipinski definition) is 4. The molecule has 0 bridgehead atoms. The third-order valence-corrected chi connectivity index (χ3v) is 4.37. The minimum atomic E-state index is -4.41. The minimum absolute atomic E-state index is 0.0279. The fourth-order valence-electron chi connectivity index (χ4n) is 2.92. The fourth-order valence-corrected chi connectivity index (χ4v) is 2.92. The highest BCUT2D eigenvalue weighted by atomic mass is 19.4. The smallest absolute Gasteiger partial charge is 0.422 e. The van der Waals surface area contributed by atoms with Gasteiger partial charge in [0.15, 0.2) is 18.1 Å². The molecular formula is C18H25F3N2O3. The monoisotopic (exact) mass is 374 g/mol. The number of methoxy groups -OCH3 is 1. The molecule has 0 spiro atoms. The molecule has 1 aliphatic heterocycles. The molecule has 26 heavy (non-hydrogen) atoms. The number of alkyl halides is 3. The number of ether oxygens (including phenoxy) is 2. The van der Waals surface area contributed by atoms with E-state index in [9.17, 15) is 18.0 Å². The molecule has 146 valence electrons. The Morgan fingerprint density at radius 2 is 2.12 bits per heavy atom. The van der Waals surface area contributed by atoms with Gasteiger partial charge in [0.05, 0.1) is 7.11 Å². The van der Waals surface area contributed by atoms with E-state index < -0.39 is 12.8 Å². The second kappa shape index (κ2) is 9.12. The molecule has 0 aliphatic carbocycles. The maximum Gasteiger partial charge on any atom is 0.422 e. The van der Waals surface area contributed by atoms with E-state index in [1.165, 1.54) is 13.2 Å². The van der Waals surface area contributed by atoms with Crippen molar-refractivity contribution in [1.82, 2.24) is 10.6 Å². The van der Waals surface area contributed by atoms with E-state index in [-0.39, 0.29) is 29.5 Å². The van der Waals surface area contributed by atoms with Crippen LogP contribution in [0.15, 0.2) is 18.2 Å². The predicted molar refractivity (Wildman–Crippen MR) is 91.5 cm³/mol. The number of hydrogen-bond donors (Lipinski definition) is 2. The van der Waals surface area contributed by atoms with Crippen molar-refractivity contribution in [3.05, 3.63) is 23.8 Å². The number of carbonyl (C=O) groups is 1. The molecule has 1 aromatic carbocycles. The van der Waals surface area contributed by atoms with Crippen LogP contribution in [0.25, 0.3) is 0 Å². The van der Waals surface area contributed by atoms with Gasteiger partial charge in [-0.25, -0.2) is 0 Å². The second-order valence-electron chi connectivity index (χ2n) is 6.45. The normalized spacial score (nSPS) is 20.5. The summed E-state index contributed by atoms with van der Waals surface area (Å²) in [6.07, 6.45) is -1.65. The third kappa shape index (κ3) is 6.40. The van der Waals surface area contributed by atoms with Crippen molar-refractivity contribution in [2.75, 3.05) is 20.3 Å². The number of benzene rings is 1. The third-order valence-electron chi connectivity index (χ3n) is 4.37. The average Bonchev–Trinajstić information content (AvgIpc) is 2.59. The maximum atomic E-state index is 12.3. The maximum absolute atomic E-state index is 12.3. The van der Waals surface area contributed by atoms with E-state index in [0.717, 1.165) is 24.9 Å². The van der Waals surface area contributed by atoms with E-state index in [1.54, 1.807) is 12.1 Å². The van der Waals surface area contributed by atoms with E-state index in [4.69, 9.17) is 9.47 Å². The van der Waals surface area contributed by atoms with E-state index >= 15 is 0 Å². The van der Waals surface area contributed by atoms with Gasteiger partial charge in [-0.1, -0.05) is 6.07 Å². The van der Waals surface area contributed by atoms with Gasteiger partial charge in [0.2, 0.25) is 5.91 Å². The lowest BCUT2D eigenvalue weighted by molar-refractivity contribution is -0.153. The molecule has 5 nitrogen and oxygen atoms in total. The van der Waals surface area contributed by atoms with Gasteiger partial charge < -0.3 is 20.1 Å². The zero-order chi connectivity index (χ0) is 19.2. The highest BCUT2D eigenvalue weighted by Gasteiger charge is 2.29. The van der Waals surface area contributed by atoms with Crippen LogP contribution in [0.1, 0.15) is 31.7 Å². The quantitative estimate of drug-likeness (QED) is 0.771. The Kier molecular flexibility index (Phi) is 7.14. The van der Waals surface area contributed by atoms with Crippen LogP contribution in [0.5, 0.6) is 11.5 Å². The zero-order valence-corrected chi connectivity index (χ0v) is 15.0. The van der Waals surface area contributed by atoms with E-state index in [1.807, 2.05) is 0 Å². The molecular weight excluding hydrogens is 349 g/mol. The Labute approximate surface area is 151 Å². The molecule has 0 unspecified atom stereocenters. The van der Waals surface area contributed by atoms with Crippen LogP contribution in [0, 0.1) is 0 Å². The van der Waals surface area contributed by atoms with Crippen molar-refractivity contribution >= 4 is 5.91 Å². The second-order valence-corrected chi connectivity index (χ2v) is 6.45. The summed E-state index contributed by atoms with van der Waals surface area (Å²) in [5.74, 6) is 0.208. The molecule has 1 heterocycles. The molecule has 1 aliphatic rings. The van der Waals surface area contributed by atoms with E-state index in [0.29, 0.717) is 12.8 Å². The largest absolute Gasteiger partial charge is 0.493 e.